The molecule has 0 fully saturated rings. The van der Waals surface area contributed by atoms with Crippen molar-refractivity contribution in [3.63, 3.8) is 0 Å². The van der Waals surface area contributed by atoms with Crippen LogP contribution in [0, 0.1) is 0 Å². The molecule has 0 atom stereocenters. The van der Waals surface area contributed by atoms with Crippen molar-refractivity contribution < 1.29 is 19.3 Å². The Balaban J connectivity index is 1.49. The maximum Gasteiger partial charge on any atom is 0.338 e. The van der Waals surface area contributed by atoms with Gasteiger partial charge in [-0.2, -0.15) is 4.98 Å². The van der Waals surface area contributed by atoms with Gasteiger partial charge >= 0.3 is 6.03 Å². The smallest absolute Gasteiger partial charge is 0.338 e. The highest BCUT2D eigenvalue weighted by Crippen LogP contribution is 2.17. The maximum absolute atomic E-state index is 10.8. The van der Waals surface area contributed by atoms with Crippen LogP contribution in [0.3, 0.4) is 0 Å². The Labute approximate surface area is 149 Å². The minimum absolute atomic E-state index is 0.0146. The van der Waals surface area contributed by atoms with E-state index in [0.29, 0.717) is 35.6 Å². The molecule has 8 nitrogen and oxygen atoms in total. The molecule has 134 valence electrons. The van der Waals surface area contributed by atoms with Crippen LogP contribution in [0.15, 0.2) is 59.1 Å². The normalized spacial score (nSPS) is 10.5. The third-order valence-corrected chi connectivity index (χ3v) is 3.59. The van der Waals surface area contributed by atoms with Gasteiger partial charge < -0.3 is 15.0 Å². The molecule has 3 N–H and O–H groups in total. The number of benzene rings is 2. The van der Waals surface area contributed by atoms with Gasteiger partial charge in [0.1, 0.15) is 5.75 Å². The zero-order valence-corrected chi connectivity index (χ0v) is 13.9. The number of primary amides is 1. The molecule has 0 unspecified atom stereocenters. The molecule has 1 heterocycles. The quantitative estimate of drug-likeness (QED) is 0.498. The third-order valence-electron chi connectivity index (χ3n) is 3.59. The molecule has 1 aromatic heterocycles. The van der Waals surface area contributed by atoms with Crippen LogP contribution < -0.4 is 10.5 Å². The molecule has 3 aromatic rings. The van der Waals surface area contributed by atoms with Gasteiger partial charge in [-0.25, -0.2) is 9.86 Å². The fourth-order valence-corrected chi connectivity index (χ4v) is 2.26. The first-order valence-corrected chi connectivity index (χ1v) is 7.97. The number of ether oxygens (including phenoxy) is 1. The second-order valence-electron chi connectivity index (χ2n) is 5.52. The van der Waals surface area contributed by atoms with E-state index in [1.54, 1.807) is 24.3 Å². The number of rotatable bonds is 7. The summed E-state index contributed by atoms with van der Waals surface area (Å²) in [5, 5.41) is 13.7. The summed E-state index contributed by atoms with van der Waals surface area (Å²) in [6.07, 6.45) is 0.504. The van der Waals surface area contributed by atoms with Crippen LogP contribution in [0.4, 0.5) is 4.79 Å². The number of carbonyl (C=O) groups is 1. The number of urea groups is 1. The standard InChI is InChI=1S/C18H18N4O4/c19-18(23)22(24)12-13-6-8-15(9-7-13)25-11-10-16-20-17(26-21-16)14-4-2-1-3-5-14/h1-9,24H,10-12H2,(H2,19,23). The molecule has 0 saturated carbocycles. The van der Waals surface area contributed by atoms with Crippen LogP contribution in [-0.2, 0) is 13.0 Å². The monoisotopic (exact) mass is 354 g/mol. The number of amides is 2. The summed E-state index contributed by atoms with van der Waals surface area (Å²) in [7, 11) is 0. The Morgan fingerprint density at radius 2 is 1.88 bits per heavy atom. The van der Waals surface area contributed by atoms with Crippen LogP contribution in [0.25, 0.3) is 11.5 Å². The summed E-state index contributed by atoms with van der Waals surface area (Å²) in [6.45, 7) is 0.404. The fourth-order valence-electron chi connectivity index (χ4n) is 2.26. The van der Waals surface area contributed by atoms with E-state index >= 15 is 0 Å². The minimum Gasteiger partial charge on any atom is -0.493 e. The van der Waals surface area contributed by atoms with Crippen LogP contribution in [0.2, 0.25) is 0 Å². The Bertz CT molecular complexity index is 849. The second kappa shape index (κ2) is 8.13. The first-order valence-electron chi connectivity index (χ1n) is 7.97. The molecular weight excluding hydrogens is 336 g/mol. The Morgan fingerprint density at radius 1 is 1.15 bits per heavy atom. The molecule has 0 saturated heterocycles. The zero-order valence-electron chi connectivity index (χ0n) is 13.9. The van der Waals surface area contributed by atoms with Crippen molar-refractivity contribution in [2.75, 3.05) is 6.61 Å². The number of nitrogens with zero attached hydrogens (tertiary/aromatic N) is 3. The summed E-state index contributed by atoms with van der Waals surface area (Å²) < 4.78 is 10.9. The maximum atomic E-state index is 10.8. The highest BCUT2D eigenvalue weighted by Gasteiger charge is 2.09. The first-order chi connectivity index (χ1) is 12.6. The van der Waals surface area contributed by atoms with Crippen molar-refractivity contribution in [1.29, 1.82) is 0 Å². The predicted octanol–water partition coefficient (Wildman–Crippen LogP) is 2.63. The van der Waals surface area contributed by atoms with E-state index in [2.05, 4.69) is 10.1 Å². The molecule has 26 heavy (non-hydrogen) atoms. The minimum atomic E-state index is -0.902. The number of hydrogen-bond acceptors (Lipinski definition) is 6. The van der Waals surface area contributed by atoms with E-state index in [4.69, 9.17) is 15.0 Å². The summed E-state index contributed by atoms with van der Waals surface area (Å²) >= 11 is 0. The van der Waals surface area contributed by atoms with Crippen molar-refractivity contribution >= 4 is 6.03 Å². The molecule has 0 aliphatic carbocycles. The van der Waals surface area contributed by atoms with Crippen LogP contribution in [0.1, 0.15) is 11.4 Å². The molecule has 0 bridgehead atoms. The molecular formula is C18H18N4O4. The van der Waals surface area contributed by atoms with Crippen molar-refractivity contribution in [2.24, 2.45) is 5.73 Å². The molecule has 2 amide bonds. The Kier molecular flexibility index (Phi) is 5.45. The van der Waals surface area contributed by atoms with Gasteiger partial charge in [0.15, 0.2) is 5.82 Å². The van der Waals surface area contributed by atoms with Crippen molar-refractivity contribution in [3.8, 4) is 17.2 Å². The van der Waals surface area contributed by atoms with Crippen LogP contribution >= 0.6 is 0 Å². The SMILES string of the molecule is NC(=O)N(O)Cc1ccc(OCCc2noc(-c3ccccc3)n2)cc1. The predicted molar refractivity (Wildman–Crippen MR) is 92.3 cm³/mol. The van der Waals surface area contributed by atoms with Crippen molar-refractivity contribution in [3.05, 3.63) is 66.0 Å². The van der Waals surface area contributed by atoms with E-state index in [1.807, 2.05) is 30.3 Å². The average Bonchev–Trinajstić information content (AvgIpc) is 3.13. The Morgan fingerprint density at radius 3 is 2.58 bits per heavy atom. The summed E-state index contributed by atoms with van der Waals surface area (Å²) in [5.41, 5.74) is 6.56. The van der Waals surface area contributed by atoms with E-state index in [0.717, 1.165) is 11.1 Å². The lowest BCUT2D eigenvalue weighted by atomic mass is 10.2. The number of aromatic nitrogens is 2. The fraction of sp³-hybridized carbons (Fsp3) is 0.167. The van der Waals surface area contributed by atoms with Gasteiger partial charge in [-0.05, 0) is 29.8 Å². The topological polar surface area (TPSA) is 115 Å². The summed E-state index contributed by atoms with van der Waals surface area (Å²) in [4.78, 5) is 15.1. The van der Waals surface area contributed by atoms with E-state index < -0.39 is 6.03 Å². The summed E-state index contributed by atoms with van der Waals surface area (Å²) in [5.74, 6) is 1.70. The Hall–Kier alpha value is -3.39. The molecule has 0 spiro atoms. The van der Waals surface area contributed by atoms with Crippen molar-refractivity contribution in [2.45, 2.75) is 13.0 Å². The number of hydrogen-bond donors (Lipinski definition) is 2. The van der Waals surface area contributed by atoms with E-state index in [9.17, 15) is 10.0 Å². The average molecular weight is 354 g/mol. The van der Waals surface area contributed by atoms with Crippen LogP contribution in [0.5, 0.6) is 5.75 Å². The van der Waals surface area contributed by atoms with E-state index in [-0.39, 0.29) is 6.54 Å². The van der Waals surface area contributed by atoms with Gasteiger partial charge in [0.05, 0.1) is 13.2 Å². The van der Waals surface area contributed by atoms with Gasteiger partial charge in [0, 0.05) is 12.0 Å². The molecule has 0 aliphatic heterocycles. The number of nitrogens with two attached hydrogens (primary N) is 1. The lowest BCUT2D eigenvalue weighted by molar-refractivity contribution is -0.0470. The zero-order chi connectivity index (χ0) is 18.4. The molecule has 2 aromatic carbocycles. The van der Waals surface area contributed by atoms with Gasteiger partial charge in [-0.15, -0.1) is 0 Å². The third kappa shape index (κ3) is 4.58. The lowest BCUT2D eigenvalue weighted by Gasteiger charge is -2.12. The molecule has 3 rings (SSSR count). The van der Waals surface area contributed by atoms with Gasteiger partial charge in [-0.1, -0.05) is 35.5 Å². The highest BCUT2D eigenvalue weighted by molar-refractivity contribution is 5.70. The van der Waals surface area contributed by atoms with Gasteiger partial charge in [0.25, 0.3) is 5.89 Å². The number of hydroxylamine groups is 2. The highest BCUT2D eigenvalue weighted by atomic mass is 16.5. The molecule has 8 heteroatoms. The lowest BCUT2D eigenvalue weighted by Crippen LogP contribution is -2.31. The van der Waals surface area contributed by atoms with Crippen molar-refractivity contribution in [1.82, 2.24) is 15.2 Å². The molecule has 0 aliphatic rings. The van der Waals surface area contributed by atoms with Gasteiger partial charge in [-0.3, -0.25) is 5.21 Å². The molecule has 0 radical (unpaired) electrons. The second-order valence-corrected chi connectivity index (χ2v) is 5.52. The largest absolute Gasteiger partial charge is 0.493 e. The van der Waals surface area contributed by atoms with Gasteiger partial charge in [0.2, 0.25) is 0 Å². The first kappa shape index (κ1) is 17.4. The number of carbonyl (C=O) groups excluding carboxylic acids is 1. The van der Waals surface area contributed by atoms with E-state index in [1.165, 1.54) is 0 Å². The van der Waals surface area contributed by atoms with Crippen LogP contribution in [-0.4, -0.2) is 33.0 Å². The summed E-state index contributed by atoms with van der Waals surface area (Å²) in [6, 6.07) is 15.6.